The Labute approximate surface area is 229 Å². The van der Waals surface area contributed by atoms with Gasteiger partial charge >= 0.3 is 0 Å². The monoisotopic (exact) mass is 506 g/mol. The van der Waals surface area contributed by atoms with Crippen LogP contribution >= 0.6 is 0 Å². The van der Waals surface area contributed by atoms with Crippen molar-refractivity contribution in [3.8, 4) is 55.9 Å². The van der Waals surface area contributed by atoms with Crippen LogP contribution in [-0.4, -0.2) is 20.6 Å². The lowest BCUT2D eigenvalue weighted by molar-refractivity contribution is 0.881. The number of nitrogens with one attached hydrogen (secondary N) is 1. The maximum Gasteiger partial charge on any atom is 0.204 e. The van der Waals surface area contributed by atoms with Gasteiger partial charge in [0.05, 0.1) is 0 Å². The molecule has 0 saturated carbocycles. The molecule has 4 nitrogen and oxygen atoms in total. The number of aryl methyl sites for hydroxylation is 2. The molecule has 1 heterocycles. The van der Waals surface area contributed by atoms with Crippen molar-refractivity contribution >= 4 is 0 Å². The second-order valence-corrected chi connectivity index (χ2v) is 10.1. The fourth-order valence-corrected chi connectivity index (χ4v) is 5.38. The quantitative estimate of drug-likeness (QED) is 0.254. The van der Waals surface area contributed by atoms with E-state index in [2.05, 4.69) is 151 Å². The Morgan fingerprint density at radius 1 is 0.462 bits per heavy atom. The van der Waals surface area contributed by atoms with E-state index in [1.165, 1.54) is 55.6 Å². The molecule has 6 aromatic rings. The molecular weight excluding hydrogens is 476 g/mol. The second kappa shape index (κ2) is 10.1. The third kappa shape index (κ3) is 4.55. The van der Waals surface area contributed by atoms with E-state index in [1.54, 1.807) is 0 Å². The average Bonchev–Trinajstić information content (AvgIpc) is 3.51. The average molecular weight is 507 g/mol. The molecule has 0 aliphatic carbocycles. The summed E-state index contributed by atoms with van der Waals surface area (Å²) in [4.78, 5) is 0. The number of hydrogen-bond acceptors (Lipinski definition) is 3. The summed E-state index contributed by atoms with van der Waals surface area (Å²) in [6, 6.07) is 36.9. The van der Waals surface area contributed by atoms with Crippen LogP contribution in [0.25, 0.3) is 55.9 Å². The van der Waals surface area contributed by atoms with Crippen LogP contribution in [0.2, 0.25) is 0 Å². The van der Waals surface area contributed by atoms with Gasteiger partial charge in [0.1, 0.15) is 0 Å². The molecule has 0 spiro atoms. The van der Waals surface area contributed by atoms with Gasteiger partial charge in [-0.15, -0.1) is 10.2 Å². The molecule has 1 aromatic heterocycles. The van der Waals surface area contributed by atoms with Gasteiger partial charge in [-0.2, -0.15) is 5.21 Å². The third-order valence-corrected chi connectivity index (χ3v) is 7.80. The number of tetrazole rings is 1. The smallest absolute Gasteiger partial charge is 0.177 e. The minimum absolute atomic E-state index is 0.575. The molecule has 190 valence electrons. The molecule has 0 aliphatic heterocycles. The molecule has 0 radical (unpaired) electrons. The second-order valence-electron chi connectivity index (χ2n) is 10.1. The lowest BCUT2D eigenvalue weighted by Crippen LogP contribution is -1.94. The number of aromatic amines is 1. The summed E-state index contributed by atoms with van der Waals surface area (Å²) in [5, 5.41) is 15.1. The first-order valence-corrected chi connectivity index (χ1v) is 13.2. The Balaban J connectivity index is 1.61. The van der Waals surface area contributed by atoms with Gasteiger partial charge in [0.15, 0.2) is 0 Å². The third-order valence-electron chi connectivity index (χ3n) is 7.80. The zero-order valence-electron chi connectivity index (χ0n) is 22.7. The van der Waals surface area contributed by atoms with Gasteiger partial charge in [0, 0.05) is 5.56 Å². The van der Waals surface area contributed by atoms with Crippen molar-refractivity contribution in [2.75, 3.05) is 0 Å². The van der Waals surface area contributed by atoms with E-state index in [-0.39, 0.29) is 0 Å². The Morgan fingerprint density at radius 3 is 1.36 bits per heavy atom. The SMILES string of the molecule is Cc1cccc(-c2ccccc2-c2cc(-c3nn[nH]n3)cc(-c3ccccc3-c3cccc(C)c3C)c2)c1C. The summed E-state index contributed by atoms with van der Waals surface area (Å²) < 4.78 is 0. The molecule has 1 N–H and O–H groups in total. The van der Waals surface area contributed by atoms with Crippen molar-refractivity contribution in [3.05, 3.63) is 125 Å². The van der Waals surface area contributed by atoms with Crippen molar-refractivity contribution in [1.82, 2.24) is 20.6 Å². The fourth-order valence-electron chi connectivity index (χ4n) is 5.38. The zero-order chi connectivity index (χ0) is 26.9. The van der Waals surface area contributed by atoms with E-state index in [9.17, 15) is 0 Å². The Hall–Kier alpha value is -4.83. The van der Waals surface area contributed by atoms with Gasteiger partial charge in [0.2, 0.25) is 5.82 Å². The maximum atomic E-state index is 4.32. The number of aromatic nitrogens is 4. The van der Waals surface area contributed by atoms with Crippen molar-refractivity contribution < 1.29 is 0 Å². The molecule has 0 atom stereocenters. The summed E-state index contributed by atoms with van der Waals surface area (Å²) in [5.41, 5.74) is 15.5. The minimum Gasteiger partial charge on any atom is -0.177 e. The fraction of sp³-hybridized carbons (Fsp3) is 0.114. The molecule has 39 heavy (non-hydrogen) atoms. The largest absolute Gasteiger partial charge is 0.204 e. The van der Waals surface area contributed by atoms with Crippen LogP contribution < -0.4 is 0 Å². The molecule has 0 bridgehead atoms. The highest BCUT2D eigenvalue weighted by molar-refractivity contribution is 5.92. The molecular formula is C35H30N4. The zero-order valence-corrected chi connectivity index (χ0v) is 22.7. The van der Waals surface area contributed by atoms with Crippen LogP contribution in [0.3, 0.4) is 0 Å². The number of hydrogen-bond donors (Lipinski definition) is 1. The number of H-pyrrole nitrogens is 1. The summed E-state index contributed by atoms with van der Waals surface area (Å²) >= 11 is 0. The number of nitrogens with zero attached hydrogens (tertiary/aromatic N) is 3. The van der Waals surface area contributed by atoms with E-state index in [0.29, 0.717) is 5.82 Å². The predicted octanol–water partition coefficient (Wildman–Crippen LogP) is 8.77. The van der Waals surface area contributed by atoms with E-state index < -0.39 is 0 Å². The van der Waals surface area contributed by atoms with Gasteiger partial charge in [-0.25, -0.2) is 0 Å². The molecule has 4 heteroatoms. The normalized spacial score (nSPS) is 11.1. The summed E-state index contributed by atoms with van der Waals surface area (Å²) in [6.07, 6.45) is 0. The highest BCUT2D eigenvalue weighted by Crippen LogP contribution is 2.41. The van der Waals surface area contributed by atoms with E-state index in [1.807, 2.05) is 0 Å². The summed E-state index contributed by atoms with van der Waals surface area (Å²) in [6.45, 7) is 8.73. The summed E-state index contributed by atoms with van der Waals surface area (Å²) in [7, 11) is 0. The predicted molar refractivity (Wildman–Crippen MR) is 160 cm³/mol. The Kier molecular flexibility index (Phi) is 6.37. The molecule has 5 aromatic carbocycles. The standard InChI is InChI=1S/C35H30N4/c1-22-11-9-17-29(24(22)3)33-15-7-5-13-31(33)26-19-27(21-28(20-26)35-36-38-39-37-35)32-14-6-8-16-34(32)30-18-10-12-23(2)25(30)4/h5-21H,1-4H3,(H,36,37,38,39). The topological polar surface area (TPSA) is 54.5 Å². The van der Waals surface area contributed by atoms with Crippen LogP contribution in [0, 0.1) is 27.7 Å². The van der Waals surface area contributed by atoms with Crippen LogP contribution in [0.5, 0.6) is 0 Å². The van der Waals surface area contributed by atoms with Gasteiger partial charge in [-0.1, -0.05) is 84.9 Å². The van der Waals surface area contributed by atoms with Crippen LogP contribution in [0.15, 0.2) is 103 Å². The van der Waals surface area contributed by atoms with Gasteiger partial charge in [0.25, 0.3) is 0 Å². The highest BCUT2D eigenvalue weighted by Gasteiger charge is 2.17. The lowest BCUT2D eigenvalue weighted by Gasteiger charge is -2.17. The van der Waals surface area contributed by atoms with Crippen molar-refractivity contribution in [3.63, 3.8) is 0 Å². The van der Waals surface area contributed by atoms with Crippen molar-refractivity contribution in [2.45, 2.75) is 27.7 Å². The first-order chi connectivity index (χ1) is 19.0. The maximum absolute atomic E-state index is 4.32. The highest BCUT2D eigenvalue weighted by atomic mass is 15.5. The van der Waals surface area contributed by atoms with Gasteiger partial charge < -0.3 is 0 Å². The van der Waals surface area contributed by atoms with E-state index >= 15 is 0 Å². The lowest BCUT2D eigenvalue weighted by atomic mass is 9.86. The Bertz CT molecular complexity index is 1690. The molecule has 0 amide bonds. The Morgan fingerprint density at radius 2 is 0.897 bits per heavy atom. The molecule has 6 rings (SSSR count). The van der Waals surface area contributed by atoms with Crippen LogP contribution in [-0.2, 0) is 0 Å². The molecule has 0 aliphatic rings. The van der Waals surface area contributed by atoms with E-state index in [0.717, 1.165) is 16.7 Å². The first kappa shape index (κ1) is 24.5. The minimum atomic E-state index is 0.575. The van der Waals surface area contributed by atoms with E-state index in [4.69, 9.17) is 0 Å². The number of rotatable bonds is 5. The van der Waals surface area contributed by atoms with Crippen molar-refractivity contribution in [1.29, 1.82) is 0 Å². The first-order valence-electron chi connectivity index (χ1n) is 13.2. The van der Waals surface area contributed by atoms with Gasteiger partial charge in [-0.05, 0) is 118 Å². The summed E-state index contributed by atoms with van der Waals surface area (Å²) in [5.74, 6) is 0.575. The molecule has 0 fully saturated rings. The molecule has 0 unspecified atom stereocenters. The number of benzene rings is 5. The van der Waals surface area contributed by atoms with Crippen LogP contribution in [0.4, 0.5) is 0 Å². The van der Waals surface area contributed by atoms with Gasteiger partial charge in [-0.3, -0.25) is 0 Å². The molecule has 0 saturated heterocycles. The van der Waals surface area contributed by atoms with Crippen LogP contribution in [0.1, 0.15) is 22.3 Å². The van der Waals surface area contributed by atoms with Crippen molar-refractivity contribution in [2.24, 2.45) is 0 Å².